The number of carbonyl (C=O) groups is 2. The quantitative estimate of drug-likeness (QED) is 0.754. The van der Waals surface area contributed by atoms with E-state index in [1.54, 1.807) is 11.8 Å². The minimum absolute atomic E-state index is 0.0318. The molecule has 0 saturated heterocycles. The normalized spacial score (nSPS) is 15.2. The number of fused-ring (bicyclic) bond motifs is 1. The Hall–Kier alpha value is -2.27. The van der Waals surface area contributed by atoms with Gasteiger partial charge in [0.05, 0.1) is 12.3 Å². The summed E-state index contributed by atoms with van der Waals surface area (Å²) in [5.74, 6) is 0.525. The molecule has 0 radical (unpaired) electrons. The third-order valence-corrected chi connectivity index (χ3v) is 5.12. The number of amides is 1. The molecule has 2 aromatic rings. The van der Waals surface area contributed by atoms with Crippen molar-refractivity contribution in [3.05, 3.63) is 65.2 Å². The van der Waals surface area contributed by atoms with Crippen molar-refractivity contribution in [2.45, 2.75) is 24.5 Å². The lowest BCUT2D eigenvalue weighted by molar-refractivity contribution is -0.136. The van der Waals surface area contributed by atoms with Gasteiger partial charge in [-0.15, -0.1) is 0 Å². The third kappa shape index (κ3) is 3.97. The number of hydrogen-bond donors (Lipinski definition) is 2. The number of carboxylic acids is 1. The van der Waals surface area contributed by atoms with E-state index in [1.807, 2.05) is 42.5 Å². The average Bonchev–Trinajstić information content (AvgIpc) is 2.53. The van der Waals surface area contributed by atoms with Crippen LogP contribution in [0.25, 0.3) is 0 Å². The van der Waals surface area contributed by atoms with E-state index < -0.39 is 5.97 Å². The van der Waals surface area contributed by atoms with Crippen molar-refractivity contribution in [3.63, 3.8) is 0 Å². The number of rotatable bonds is 7. The van der Waals surface area contributed by atoms with Crippen LogP contribution < -0.4 is 5.32 Å². The molecule has 1 amide bonds. The van der Waals surface area contributed by atoms with E-state index in [0.29, 0.717) is 5.75 Å². The van der Waals surface area contributed by atoms with E-state index in [2.05, 4.69) is 11.4 Å². The van der Waals surface area contributed by atoms with Gasteiger partial charge in [0.15, 0.2) is 0 Å². The zero-order valence-electron chi connectivity index (χ0n) is 13.2. The van der Waals surface area contributed by atoms with Crippen molar-refractivity contribution < 1.29 is 14.7 Å². The summed E-state index contributed by atoms with van der Waals surface area (Å²) in [7, 11) is 0. The van der Waals surface area contributed by atoms with Crippen LogP contribution in [-0.4, -0.2) is 22.7 Å². The van der Waals surface area contributed by atoms with Crippen molar-refractivity contribution in [2.75, 3.05) is 11.1 Å². The molecule has 0 aliphatic heterocycles. The maximum Gasteiger partial charge on any atom is 0.304 e. The van der Waals surface area contributed by atoms with Crippen LogP contribution in [0.2, 0.25) is 0 Å². The average molecular weight is 341 g/mol. The van der Waals surface area contributed by atoms with Gasteiger partial charge in [-0.3, -0.25) is 9.59 Å². The zero-order valence-corrected chi connectivity index (χ0v) is 14.0. The van der Waals surface area contributed by atoms with Crippen molar-refractivity contribution in [2.24, 2.45) is 0 Å². The molecule has 24 heavy (non-hydrogen) atoms. The molecular weight excluding hydrogens is 322 g/mol. The molecule has 4 nitrogen and oxygen atoms in total. The molecule has 1 aliphatic rings. The number of thioether (sulfide) groups is 1. The van der Waals surface area contributed by atoms with E-state index in [0.717, 1.165) is 29.0 Å². The first-order valence-electron chi connectivity index (χ1n) is 7.90. The molecule has 3 rings (SSSR count). The highest BCUT2D eigenvalue weighted by Crippen LogP contribution is 2.35. The summed E-state index contributed by atoms with van der Waals surface area (Å²) >= 11 is 1.58. The van der Waals surface area contributed by atoms with Gasteiger partial charge in [0, 0.05) is 17.2 Å². The molecule has 0 saturated carbocycles. The summed E-state index contributed by atoms with van der Waals surface area (Å²) in [5.41, 5.74) is 4.24. The number of nitrogens with one attached hydrogen (secondary N) is 1. The van der Waals surface area contributed by atoms with Crippen molar-refractivity contribution in [3.8, 4) is 0 Å². The molecule has 0 heterocycles. The van der Waals surface area contributed by atoms with Gasteiger partial charge in [-0.1, -0.05) is 36.4 Å². The number of carbonyl (C=O) groups excluding carboxylic acids is 1. The standard InChI is InChI=1S/C19H19NO3S/c21-18(22)8-9-24-12-13-4-3-6-15(10-13)20-19(23)17-11-14-5-1-2-7-16(14)17/h1-7,10,17H,8-9,11-12H2,(H,20,23)(H,21,22). The number of hydrogen-bond acceptors (Lipinski definition) is 3. The molecule has 1 unspecified atom stereocenters. The zero-order chi connectivity index (χ0) is 16.9. The minimum atomic E-state index is -0.774. The Bertz CT molecular complexity index is 760. The largest absolute Gasteiger partial charge is 0.481 e. The molecule has 1 aliphatic carbocycles. The van der Waals surface area contributed by atoms with Crippen molar-refractivity contribution in [1.29, 1.82) is 0 Å². The first-order valence-corrected chi connectivity index (χ1v) is 9.06. The lowest BCUT2D eigenvalue weighted by Crippen LogP contribution is -2.30. The Balaban J connectivity index is 1.55. The minimum Gasteiger partial charge on any atom is -0.481 e. The van der Waals surface area contributed by atoms with Gasteiger partial charge in [-0.05, 0) is 35.2 Å². The fraction of sp³-hybridized carbons (Fsp3) is 0.263. The molecule has 124 valence electrons. The van der Waals surface area contributed by atoms with E-state index in [4.69, 9.17) is 5.11 Å². The number of carboxylic acid groups (broad SMARTS) is 1. The van der Waals surface area contributed by atoms with Gasteiger partial charge in [0.1, 0.15) is 0 Å². The molecule has 0 bridgehead atoms. The van der Waals surface area contributed by atoms with Crippen LogP contribution in [0.3, 0.4) is 0 Å². The molecule has 2 N–H and O–H groups in total. The lowest BCUT2D eigenvalue weighted by Gasteiger charge is -2.28. The van der Waals surface area contributed by atoms with Crippen LogP contribution >= 0.6 is 11.8 Å². The van der Waals surface area contributed by atoms with Gasteiger partial charge in [-0.2, -0.15) is 11.8 Å². The predicted molar refractivity (Wildman–Crippen MR) is 96.4 cm³/mol. The summed E-state index contributed by atoms with van der Waals surface area (Å²) in [6, 6.07) is 15.8. The fourth-order valence-corrected chi connectivity index (χ4v) is 3.69. The second-order valence-corrected chi connectivity index (χ2v) is 6.95. The van der Waals surface area contributed by atoms with Gasteiger partial charge < -0.3 is 10.4 Å². The van der Waals surface area contributed by atoms with Crippen LogP contribution in [0.5, 0.6) is 0 Å². The van der Waals surface area contributed by atoms with E-state index in [9.17, 15) is 9.59 Å². The summed E-state index contributed by atoms with van der Waals surface area (Å²) in [5, 5.41) is 11.6. The maximum atomic E-state index is 12.4. The van der Waals surface area contributed by atoms with Crippen molar-refractivity contribution in [1.82, 2.24) is 0 Å². The third-order valence-electron chi connectivity index (χ3n) is 4.09. The summed E-state index contributed by atoms with van der Waals surface area (Å²) in [6.07, 6.45) is 0.967. The second-order valence-electron chi connectivity index (χ2n) is 5.84. The van der Waals surface area contributed by atoms with Crippen LogP contribution in [0.1, 0.15) is 29.0 Å². The smallest absolute Gasteiger partial charge is 0.304 e. The van der Waals surface area contributed by atoms with Gasteiger partial charge >= 0.3 is 5.97 Å². The monoisotopic (exact) mass is 341 g/mol. The Morgan fingerprint density at radius 3 is 2.79 bits per heavy atom. The molecule has 2 aromatic carbocycles. The highest BCUT2D eigenvalue weighted by molar-refractivity contribution is 7.98. The molecule has 1 atom stereocenters. The Morgan fingerprint density at radius 2 is 2.00 bits per heavy atom. The number of aliphatic carboxylic acids is 1. The first kappa shape index (κ1) is 16.6. The topological polar surface area (TPSA) is 66.4 Å². The highest BCUT2D eigenvalue weighted by Gasteiger charge is 2.31. The van der Waals surface area contributed by atoms with Crippen molar-refractivity contribution >= 4 is 29.3 Å². The van der Waals surface area contributed by atoms with Crippen LogP contribution in [0, 0.1) is 0 Å². The summed E-state index contributed by atoms with van der Waals surface area (Å²) < 4.78 is 0. The van der Waals surface area contributed by atoms with E-state index >= 15 is 0 Å². The Kier molecular flexibility index (Phi) is 5.20. The maximum absolute atomic E-state index is 12.4. The second kappa shape index (κ2) is 7.53. The molecule has 0 spiro atoms. The fourth-order valence-electron chi connectivity index (χ4n) is 2.81. The van der Waals surface area contributed by atoms with Crippen LogP contribution in [0.4, 0.5) is 5.69 Å². The van der Waals surface area contributed by atoms with E-state index in [-0.39, 0.29) is 18.2 Å². The lowest BCUT2D eigenvalue weighted by atomic mass is 9.77. The van der Waals surface area contributed by atoms with Gasteiger partial charge in [0.25, 0.3) is 0 Å². The Morgan fingerprint density at radius 1 is 1.17 bits per heavy atom. The summed E-state index contributed by atoms with van der Waals surface area (Å²) in [6.45, 7) is 0. The number of anilines is 1. The predicted octanol–water partition coefficient (Wildman–Crippen LogP) is 3.67. The summed E-state index contributed by atoms with van der Waals surface area (Å²) in [4.78, 5) is 22.9. The van der Waals surface area contributed by atoms with Crippen LogP contribution in [0.15, 0.2) is 48.5 Å². The molecule has 5 heteroatoms. The highest BCUT2D eigenvalue weighted by atomic mass is 32.2. The van der Waals surface area contributed by atoms with E-state index in [1.165, 1.54) is 5.56 Å². The molecule has 0 fully saturated rings. The SMILES string of the molecule is O=C(O)CCSCc1cccc(NC(=O)C2Cc3ccccc32)c1. The first-order chi connectivity index (χ1) is 11.6. The van der Waals surface area contributed by atoms with Gasteiger partial charge in [0.2, 0.25) is 5.91 Å². The number of benzene rings is 2. The van der Waals surface area contributed by atoms with Gasteiger partial charge in [-0.25, -0.2) is 0 Å². The Labute approximate surface area is 145 Å². The molecular formula is C19H19NO3S. The molecule has 0 aromatic heterocycles. The van der Waals surface area contributed by atoms with Crippen LogP contribution in [-0.2, 0) is 21.8 Å².